The van der Waals surface area contributed by atoms with E-state index in [-0.39, 0.29) is 23.0 Å². The van der Waals surface area contributed by atoms with Gasteiger partial charge in [0.05, 0.1) is 16.2 Å². The molecule has 0 spiro atoms. The number of hydrogen-bond donors (Lipinski definition) is 3. The minimum atomic E-state index is -0.748. The number of nitrogens with two attached hydrogens (primary N) is 1. The maximum atomic E-state index is 14.2. The number of carbonyl (C=O) groups excluding carboxylic acids is 3. The number of para-hydroxylation sites is 1. The highest BCUT2D eigenvalue weighted by atomic mass is 35.5. The van der Waals surface area contributed by atoms with Gasteiger partial charge in [0.15, 0.2) is 0 Å². The zero-order chi connectivity index (χ0) is 24.6. The van der Waals surface area contributed by atoms with E-state index >= 15 is 0 Å². The van der Waals surface area contributed by atoms with Gasteiger partial charge in [-0.25, -0.2) is 14.0 Å². The summed E-state index contributed by atoms with van der Waals surface area (Å²) in [6.07, 6.45) is 2.52. The van der Waals surface area contributed by atoms with Crippen LogP contribution in [0.4, 0.5) is 19.7 Å². The highest BCUT2D eigenvalue weighted by molar-refractivity contribution is 6.30. The lowest BCUT2D eigenvalue weighted by molar-refractivity contribution is -0.125. The molecule has 1 atom stereocenters. The van der Waals surface area contributed by atoms with Gasteiger partial charge in [-0.1, -0.05) is 41.9 Å². The molecule has 1 aliphatic heterocycles. The summed E-state index contributed by atoms with van der Waals surface area (Å²) in [7, 11) is 0. The SMILES string of the molecule is CC1(C)CC[C@@H](C(=O)NCc2cccc(Cl)c2F)N1C(=O)Nc1cn(C(N)=O)c2ccccc12. The molecule has 8 nitrogen and oxygen atoms in total. The third-order valence-electron chi connectivity index (χ3n) is 6.19. The maximum Gasteiger partial charge on any atom is 0.323 e. The van der Waals surface area contributed by atoms with E-state index in [4.69, 9.17) is 17.3 Å². The van der Waals surface area contributed by atoms with Crippen molar-refractivity contribution in [2.45, 2.75) is 44.8 Å². The number of aromatic nitrogens is 1. The number of urea groups is 1. The van der Waals surface area contributed by atoms with E-state index in [0.717, 1.165) is 0 Å². The fourth-order valence-electron chi connectivity index (χ4n) is 4.45. The fourth-order valence-corrected chi connectivity index (χ4v) is 4.64. The normalized spacial score (nSPS) is 17.1. The smallest absolute Gasteiger partial charge is 0.323 e. The van der Waals surface area contributed by atoms with Crippen molar-refractivity contribution in [3.05, 3.63) is 65.1 Å². The molecule has 1 aliphatic rings. The van der Waals surface area contributed by atoms with E-state index in [1.807, 2.05) is 13.8 Å². The minimum Gasteiger partial charge on any atom is -0.351 e. The molecule has 2 heterocycles. The largest absolute Gasteiger partial charge is 0.351 e. The number of hydrogen-bond acceptors (Lipinski definition) is 3. The lowest BCUT2D eigenvalue weighted by atomic mass is 10.0. The highest BCUT2D eigenvalue weighted by Crippen LogP contribution is 2.35. The Morgan fingerprint density at radius 3 is 2.65 bits per heavy atom. The third kappa shape index (κ3) is 4.31. The first-order chi connectivity index (χ1) is 16.1. The summed E-state index contributed by atoms with van der Waals surface area (Å²) in [5.74, 6) is -0.976. The Balaban J connectivity index is 1.55. The lowest BCUT2D eigenvalue weighted by Crippen LogP contribution is -2.54. The van der Waals surface area contributed by atoms with Crippen LogP contribution in [0.1, 0.15) is 32.3 Å². The number of benzene rings is 2. The first-order valence-electron chi connectivity index (χ1n) is 10.8. The summed E-state index contributed by atoms with van der Waals surface area (Å²) in [6, 6.07) is 9.71. The van der Waals surface area contributed by atoms with Crippen molar-refractivity contribution in [2.24, 2.45) is 5.73 Å². The zero-order valence-corrected chi connectivity index (χ0v) is 19.5. The molecule has 178 valence electrons. The monoisotopic (exact) mass is 485 g/mol. The number of likely N-dealkylation sites (tertiary alicyclic amines) is 1. The van der Waals surface area contributed by atoms with Crippen LogP contribution in [0.2, 0.25) is 5.02 Å². The number of halogens is 2. The molecule has 0 unspecified atom stereocenters. The van der Waals surface area contributed by atoms with Crippen LogP contribution in [-0.2, 0) is 11.3 Å². The second kappa shape index (κ2) is 8.98. The highest BCUT2D eigenvalue weighted by Gasteiger charge is 2.46. The Bertz CT molecular complexity index is 1290. The molecule has 0 aliphatic carbocycles. The predicted molar refractivity (Wildman–Crippen MR) is 128 cm³/mol. The molecule has 0 bridgehead atoms. The Morgan fingerprint density at radius 2 is 1.91 bits per heavy atom. The molecule has 0 radical (unpaired) electrons. The number of anilines is 1. The number of fused-ring (bicyclic) bond motifs is 1. The van der Waals surface area contributed by atoms with Gasteiger partial charge in [-0.15, -0.1) is 0 Å². The molecule has 1 fully saturated rings. The van der Waals surface area contributed by atoms with E-state index in [1.165, 1.54) is 21.7 Å². The minimum absolute atomic E-state index is 0.0233. The molecule has 4 rings (SSSR count). The van der Waals surface area contributed by atoms with Crippen molar-refractivity contribution in [2.75, 3.05) is 5.32 Å². The first-order valence-corrected chi connectivity index (χ1v) is 11.2. The summed E-state index contributed by atoms with van der Waals surface area (Å²) in [4.78, 5) is 39.7. The van der Waals surface area contributed by atoms with Crippen molar-refractivity contribution >= 4 is 46.2 Å². The van der Waals surface area contributed by atoms with Gasteiger partial charge in [0, 0.05) is 29.2 Å². The summed E-state index contributed by atoms with van der Waals surface area (Å²) >= 11 is 5.82. The average Bonchev–Trinajstić information content (AvgIpc) is 3.31. The number of rotatable bonds is 4. The van der Waals surface area contributed by atoms with Crippen LogP contribution in [0.15, 0.2) is 48.7 Å². The van der Waals surface area contributed by atoms with Crippen LogP contribution in [0.25, 0.3) is 10.9 Å². The van der Waals surface area contributed by atoms with E-state index in [9.17, 15) is 18.8 Å². The van der Waals surface area contributed by atoms with Crippen LogP contribution in [0.5, 0.6) is 0 Å². The molecule has 34 heavy (non-hydrogen) atoms. The van der Waals surface area contributed by atoms with Gasteiger partial charge in [0.1, 0.15) is 11.9 Å². The Hall–Kier alpha value is -3.59. The standard InChI is InChI=1S/C24H25ClFN5O3/c1-24(2)11-10-19(21(32)28-12-14-6-5-8-16(25)20(14)26)31(24)23(34)29-17-13-30(22(27)33)18-9-4-3-7-15(17)18/h3-9,13,19H,10-12H2,1-2H3,(H2,27,33)(H,28,32)(H,29,34)/t19-/m0/s1. The second-order valence-corrected chi connectivity index (χ2v) is 9.27. The summed E-state index contributed by atoms with van der Waals surface area (Å²) in [5, 5.41) is 6.17. The van der Waals surface area contributed by atoms with Gasteiger partial charge in [-0.3, -0.25) is 9.36 Å². The second-order valence-electron chi connectivity index (χ2n) is 8.87. The number of amides is 4. The van der Waals surface area contributed by atoms with Gasteiger partial charge in [-0.2, -0.15) is 0 Å². The molecule has 0 saturated carbocycles. The summed E-state index contributed by atoms with van der Waals surface area (Å²) in [6.45, 7) is 3.70. The summed E-state index contributed by atoms with van der Waals surface area (Å²) < 4.78 is 15.4. The van der Waals surface area contributed by atoms with Gasteiger partial charge < -0.3 is 21.3 Å². The Morgan fingerprint density at radius 1 is 1.18 bits per heavy atom. The van der Waals surface area contributed by atoms with Gasteiger partial charge in [-0.05, 0) is 38.8 Å². The van der Waals surface area contributed by atoms with Gasteiger partial charge in [0.25, 0.3) is 0 Å². The van der Waals surface area contributed by atoms with Gasteiger partial charge >= 0.3 is 12.1 Å². The van der Waals surface area contributed by atoms with Crippen LogP contribution in [0, 0.1) is 5.82 Å². The zero-order valence-electron chi connectivity index (χ0n) is 18.8. The molecule has 4 N–H and O–H groups in total. The van der Waals surface area contributed by atoms with Crippen LogP contribution in [0.3, 0.4) is 0 Å². The number of nitrogens with one attached hydrogen (secondary N) is 2. The van der Waals surface area contributed by atoms with Crippen molar-refractivity contribution in [1.82, 2.24) is 14.8 Å². The number of nitrogens with zero attached hydrogens (tertiary/aromatic N) is 2. The van der Waals surface area contributed by atoms with Crippen LogP contribution in [-0.4, -0.2) is 39.0 Å². The maximum absolute atomic E-state index is 14.2. The van der Waals surface area contributed by atoms with Crippen molar-refractivity contribution in [3.8, 4) is 0 Å². The van der Waals surface area contributed by atoms with Crippen molar-refractivity contribution in [3.63, 3.8) is 0 Å². The summed E-state index contributed by atoms with van der Waals surface area (Å²) in [5.41, 5.74) is 6.09. The Labute approximate surface area is 200 Å². The molecule has 1 saturated heterocycles. The van der Waals surface area contributed by atoms with Gasteiger partial charge in [0.2, 0.25) is 5.91 Å². The topological polar surface area (TPSA) is 109 Å². The van der Waals surface area contributed by atoms with Crippen LogP contribution < -0.4 is 16.4 Å². The molecule has 10 heteroatoms. The fraction of sp³-hybridized carbons (Fsp3) is 0.292. The lowest BCUT2D eigenvalue weighted by Gasteiger charge is -2.35. The molecular weight excluding hydrogens is 461 g/mol. The van der Waals surface area contributed by atoms with E-state index < -0.39 is 29.5 Å². The average molecular weight is 486 g/mol. The molecule has 3 aromatic rings. The van der Waals surface area contributed by atoms with Crippen molar-refractivity contribution < 1.29 is 18.8 Å². The number of carbonyl (C=O) groups is 3. The molecular formula is C24H25ClFN5O3. The molecule has 1 aromatic heterocycles. The Kier molecular flexibility index (Phi) is 6.22. The predicted octanol–water partition coefficient (Wildman–Crippen LogP) is 4.45. The van der Waals surface area contributed by atoms with Crippen molar-refractivity contribution in [1.29, 1.82) is 0 Å². The van der Waals surface area contributed by atoms with E-state index in [2.05, 4.69) is 10.6 Å². The molecule has 4 amide bonds. The third-order valence-corrected chi connectivity index (χ3v) is 6.48. The number of primary amides is 1. The van der Waals surface area contributed by atoms with Crippen LogP contribution >= 0.6 is 11.6 Å². The quantitative estimate of drug-likeness (QED) is 0.507. The first kappa shape index (κ1) is 23.6. The molecule has 2 aromatic carbocycles. The van der Waals surface area contributed by atoms with E-state index in [0.29, 0.717) is 29.4 Å². The van der Waals surface area contributed by atoms with E-state index in [1.54, 1.807) is 36.4 Å².